The smallest absolute Gasteiger partial charge is 0.177 e. The van der Waals surface area contributed by atoms with Gasteiger partial charge in [0.2, 0.25) is 0 Å². The Hall–Kier alpha value is -1.19. The summed E-state index contributed by atoms with van der Waals surface area (Å²) in [6, 6.07) is 7.23. The zero-order valence-electron chi connectivity index (χ0n) is 14.3. The Morgan fingerprint density at radius 1 is 0.652 bits per heavy atom. The van der Waals surface area contributed by atoms with E-state index >= 15 is 0 Å². The van der Waals surface area contributed by atoms with Crippen molar-refractivity contribution in [2.45, 2.75) is 41.5 Å². The summed E-state index contributed by atoms with van der Waals surface area (Å²) >= 11 is 10.9. The second-order valence-electron chi connectivity index (χ2n) is 3.86. The molecule has 0 aliphatic rings. The molecule has 0 N–H and O–H groups in total. The molecule has 0 saturated heterocycles. The fourth-order valence-corrected chi connectivity index (χ4v) is 1.51. The molecule has 0 unspecified atom stereocenters. The van der Waals surface area contributed by atoms with Crippen molar-refractivity contribution in [3.05, 3.63) is 69.0 Å². The van der Waals surface area contributed by atoms with Crippen molar-refractivity contribution in [2.75, 3.05) is 0 Å². The second-order valence-corrected chi connectivity index (χ2v) is 4.62. The lowest BCUT2D eigenvalue weighted by atomic mass is 10.2. The molecule has 0 atom stereocenters. The van der Waals surface area contributed by atoms with Gasteiger partial charge in [0.25, 0.3) is 0 Å². The lowest BCUT2D eigenvalue weighted by molar-refractivity contribution is 0.508. The summed E-state index contributed by atoms with van der Waals surface area (Å²) in [7, 11) is 0. The number of halogens is 5. The first-order chi connectivity index (χ1) is 10.8. The molecule has 0 aliphatic heterocycles. The maximum Gasteiger partial charge on any atom is 0.177 e. The molecular weight excluding hydrogens is 344 g/mol. The van der Waals surface area contributed by atoms with Gasteiger partial charge in [-0.25, -0.2) is 13.2 Å². The van der Waals surface area contributed by atoms with E-state index in [0.717, 1.165) is 11.6 Å². The van der Waals surface area contributed by atoms with Gasteiger partial charge in [0, 0.05) is 0 Å². The Kier molecular flexibility index (Phi) is 13.9. The van der Waals surface area contributed by atoms with Crippen LogP contribution in [0.25, 0.3) is 0 Å². The Morgan fingerprint density at radius 3 is 1.52 bits per heavy atom. The third-order valence-corrected chi connectivity index (χ3v) is 3.32. The lowest BCUT2D eigenvalue weighted by Crippen LogP contribution is -1.86. The minimum absolute atomic E-state index is 0.139. The molecule has 0 aliphatic carbocycles. The second kappa shape index (κ2) is 13.3. The van der Waals surface area contributed by atoms with Crippen LogP contribution in [0.4, 0.5) is 13.2 Å². The van der Waals surface area contributed by atoms with Gasteiger partial charge in [-0.1, -0.05) is 69.1 Å². The van der Waals surface area contributed by atoms with E-state index in [4.69, 9.17) is 23.2 Å². The molecule has 0 radical (unpaired) electrons. The van der Waals surface area contributed by atoms with Crippen molar-refractivity contribution in [3.8, 4) is 0 Å². The normalized spacial score (nSPS) is 8.65. The van der Waals surface area contributed by atoms with Crippen molar-refractivity contribution in [1.82, 2.24) is 0 Å². The fraction of sp³-hybridized carbons (Fsp3) is 0.333. The molecule has 0 saturated carbocycles. The van der Waals surface area contributed by atoms with Gasteiger partial charge in [-0.2, -0.15) is 0 Å². The van der Waals surface area contributed by atoms with E-state index in [9.17, 15) is 13.2 Å². The molecule has 0 amide bonds. The van der Waals surface area contributed by atoms with Gasteiger partial charge in [0.05, 0.1) is 10.0 Å². The van der Waals surface area contributed by atoms with Gasteiger partial charge in [0.15, 0.2) is 11.6 Å². The van der Waals surface area contributed by atoms with Crippen molar-refractivity contribution in [1.29, 1.82) is 0 Å². The molecule has 0 nitrogen and oxygen atoms in total. The Balaban J connectivity index is 0. The van der Waals surface area contributed by atoms with E-state index in [1.807, 2.05) is 27.7 Å². The summed E-state index contributed by atoms with van der Waals surface area (Å²) in [6.45, 7) is 11.4. The van der Waals surface area contributed by atoms with Gasteiger partial charge in [-0.15, -0.1) is 0 Å². The summed E-state index contributed by atoms with van der Waals surface area (Å²) in [5.41, 5.74) is 1.32. The van der Waals surface area contributed by atoms with Crippen LogP contribution in [-0.4, -0.2) is 0 Å². The van der Waals surface area contributed by atoms with Crippen LogP contribution < -0.4 is 0 Å². The van der Waals surface area contributed by atoms with Crippen molar-refractivity contribution >= 4 is 23.2 Å². The van der Waals surface area contributed by atoms with E-state index in [1.54, 1.807) is 26.0 Å². The van der Waals surface area contributed by atoms with Gasteiger partial charge >= 0.3 is 0 Å². The highest BCUT2D eigenvalue weighted by Gasteiger charge is 2.07. The molecule has 5 heteroatoms. The SMILES string of the molecule is CC.CC.Cc1ccc(F)c(F)c1Cl.Cc1cccc(F)c1Cl. The molecule has 2 rings (SSSR count). The van der Waals surface area contributed by atoms with Crippen molar-refractivity contribution in [3.63, 3.8) is 0 Å². The minimum atomic E-state index is -0.971. The van der Waals surface area contributed by atoms with E-state index in [1.165, 1.54) is 12.1 Å². The summed E-state index contributed by atoms with van der Waals surface area (Å²) in [5, 5.41) is 0.0810. The summed E-state index contributed by atoms with van der Waals surface area (Å²) in [5.74, 6) is -2.23. The third kappa shape index (κ3) is 8.29. The predicted molar refractivity (Wildman–Crippen MR) is 94.9 cm³/mol. The molecule has 2 aromatic rings. The van der Waals surface area contributed by atoms with Crippen LogP contribution in [0.5, 0.6) is 0 Å². The maximum absolute atomic E-state index is 12.5. The summed E-state index contributed by atoms with van der Waals surface area (Å²) in [6.07, 6.45) is 0. The number of hydrogen-bond donors (Lipinski definition) is 0. The zero-order chi connectivity index (χ0) is 18.6. The van der Waals surface area contributed by atoms with Gasteiger partial charge in [-0.3, -0.25) is 0 Å². The highest BCUT2D eigenvalue weighted by Crippen LogP contribution is 2.20. The number of benzene rings is 2. The number of hydrogen-bond acceptors (Lipinski definition) is 0. The van der Waals surface area contributed by atoms with Gasteiger partial charge in [-0.05, 0) is 37.1 Å². The Morgan fingerprint density at radius 2 is 1.13 bits per heavy atom. The quantitative estimate of drug-likeness (QED) is 0.417. The van der Waals surface area contributed by atoms with Gasteiger partial charge < -0.3 is 0 Å². The summed E-state index contributed by atoms with van der Waals surface area (Å²) in [4.78, 5) is 0. The van der Waals surface area contributed by atoms with E-state index in [-0.39, 0.29) is 15.9 Å². The van der Waals surface area contributed by atoms with Crippen molar-refractivity contribution in [2.24, 2.45) is 0 Å². The highest BCUT2D eigenvalue weighted by atomic mass is 35.5. The molecule has 0 heterocycles. The first kappa shape index (κ1) is 24.1. The first-order valence-corrected chi connectivity index (χ1v) is 8.11. The summed E-state index contributed by atoms with van der Waals surface area (Å²) < 4.78 is 37.2. The molecule has 0 bridgehead atoms. The van der Waals surface area contributed by atoms with Gasteiger partial charge in [0.1, 0.15) is 5.82 Å². The largest absolute Gasteiger partial charge is 0.205 e. The molecular formula is C18H23Cl2F3. The number of aryl methyl sites for hydroxylation is 2. The molecule has 0 aromatic heterocycles. The van der Waals surface area contributed by atoms with Crippen molar-refractivity contribution < 1.29 is 13.2 Å². The van der Waals surface area contributed by atoms with Crippen LogP contribution in [0.2, 0.25) is 10.0 Å². The van der Waals surface area contributed by atoms with E-state index in [0.29, 0.717) is 5.56 Å². The van der Waals surface area contributed by atoms with Crippen LogP contribution in [0.3, 0.4) is 0 Å². The predicted octanol–water partition coefficient (Wildman–Crippen LogP) is 7.77. The standard InChI is InChI=1S/C7H5ClF2.C7H6ClF.2C2H6/c1-4-2-3-5(9)7(10)6(4)8;1-5-3-2-4-6(9)7(5)8;2*1-2/h2-3H,1H3;2-4H,1H3;2*1-2H3. The molecule has 130 valence electrons. The van der Waals surface area contributed by atoms with Crippen LogP contribution in [-0.2, 0) is 0 Å². The minimum Gasteiger partial charge on any atom is -0.205 e. The van der Waals surface area contributed by atoms with Crippen LogP contribution in [0, 0.1) is 31.3 Å². The Bertz CT molecular complexity index is 537. The van der Waals surface area contributed by atoms with Crippen LogP contribution in [0.1, 0.15) is 38.8 Å². The highest BCUT2D eigenvalue weighted by molar-refractivity contribution is 6.31. The maximum atomic E-state index is 12.5. The fourth-order valence-electron chi connectivity index (χ4n) is 1.23. The average Bonchev–Trinajstić information content (AvgIpc) is 2.58. The van der Waals surface area contributed by atoms with E-state index < -0.39 is 11.6 Å². The molecule has 0 fully saturated rings. The monoisotopic (exact) mass is 366 g/mol. The van der Waals surface area contributed by atoms with E-state index in [2.05, 4.69) is 0 Å². The first-order valence-electron chi connectivity index (χ1n) is 7.35. The molecule has 2 aromatic carbocycles. The molecule has 23 heavy (non-hydrogen) atoms. The lowest BCUT2D eigenvalue weighted by Gasteiger charge is -1.97. The molecule has 0 spiro atoms. The zero-order valence-corrected chi connectivity index (χ0v) is 15.8. The number of rotatable bonds is 0. The Labute approximate surface area is 147 Å². The average molecular weight is 367 g/mol. The van der Waals surface area contributed by atoms with Crippen LogP contribution >= 0.6 is 23.2 Å². The topological polar surface area (TPSA) is 0 Å². The third-order valence-electron chi connectivity index (χ3n) is 2.37. The van der Waals surface area contributed by atoms with Crippen LogP contribution in [0.15, 0.2) is 30.3 Å².